The van der Waals surface area contributed by atoms with E-state index in [1.807, 2.05) is 0 Å². The first-order valence-electron chi connectivity index (χ1n) is 6.15. The minimum Gasteiger partial charge on any atom is -0.368 e. The zero-order valence-corrected chi connectivity index (χ0v) is 12.9. The molecule has 1 aliphatic heterocycles. The third-order valence-electron chi connectivity index (χ3n) is 3.88. The molecular weight excluding hydrogens is 278 g/mol. The van der Waals surface area contributed by atoms with Crippen molar-refractivity contribution in [2.24, 2.45) is 11.1 Å². The van der Waals surface area contributed by atoms with Crippen molar-refractivity contribution in [3.05, 3.63) is 0 Å². The van der Waals surface area contributed by atoms with Gasteiger partial charge in [0.2, 0.25) is 11.8 Å². The summed E-state index contributed by atoms with van der Waals surface area (Å²) in [5.74, 6) is -0.0176. The molecule has 8 heteroatoms. The van der Waals surface area contributed by atoms with Crippen LogP contribution in [-0.4, -0.2) is 50.5 Å². The van der Waals surface area contributed by atoms with Gasteiger partial charge in [0.25, 0.3) is 0 Å². The molecule has 1 aliphatic carbocycles. The monoisotopic (exact) mass is 298 g/mol. The van der Waals surface area contributed by atoms with Crippen molar-refractivity contribution in [1.29, 1.82) is 0 Å². The van der Waals surface area contributed by atoms with E-state index in [4.69, 9.17) is 5.73 Å². The maximum absolute atomic E-state index is 12.1. The lowest BCUT2D eigenvalue weighted by Crippen LogP contribution is -2.67. The number of hydrogen-bond donors (Lipinski definition) is 2. The van der Waals surface area contributed by atoms with Crippen LogP contribution in [0.5, 0.6) is 0 Å². The van der Waals surface area contributed by atoms with E-state index in [1.165, 1.54) is 6.42 Å². The Hall–Kier alpha value is -0.230. The van der Waals surface area contributed by atoms with Gasteiger partial charge in [-0.2, -0.15) is 26.1 Å². The molecule has 2 rings (SSSR count). The summed E-state index contributed by atoms with van der Waals surface area (Å²) in [6.07, 6.45) is 5.42. The predicted molar refractivity (Wildman–Crippen MR) is 86.0 cm³/mol. The Morgan fingerprint density at radius 3 is 2.26 bits per heavy atom. The van der Waals surface area contributed by atoms with Crippen LogP contribution in [0.1, 0.15) is 32.1 Å². The highest BCUT2D eigenvalue weighted by Gasteiger charge is 2.54. The van der Waals surface area contributed by atoms with E-state index in [2.05, 4.69) is 28.1 Å². The number of rotatable bonds is 3. The van der Waals surface area contributed by atoms with Crippen molar-refractivity contribution in [3.63, 3.8) is 0 Å². The van der Waals surface area contributed by atoms with Gasteiger partial charge in [0, 0.05) is 27.8 Å². The Balaban J connectivity index is 0.00000103. The normalized spacial score (nSPS) is 21.5. The van der Waals surface area contributed by atoms with E-state index in [-0.39, 0.29) is 24.8 Å². The number of hydrogen-bond acceptors (Lipinski definition) is 3. The summed E-state index contributed by atoms with van der Waals surface area (Å²) >= 11 is 4.08. The van der Waals surface area contributed by atoms with Crippen LogP contribution in [0.2, 0.25) is 0 Å². The van der Waals surface area contributed by atoms with Gasteiger partial charge in [-0.15, -0.1) is 0 Å². The minimum atomic E-state index is -0.525. The van der Waals surface area contributed by atoms with E-state index >= 15 is 0 Å². The van der Waals surface area contributed by atoms with Crippen LogP contribution in [-0.2, 0) is 9.59 Å². The molecule has 0 aromatic heterocycles. The first-order chi connectivity index (χ1) is 8.60. The van der Waals surface area contributed by atoms with E-state index in [1.54, 1.807) is 4.90 Å². The van der Waals surface area contributed by atoms with E-state index in [0.29, 0.717) is 12.3 Å². The van der Waals surface area contributed by atoms with Crippen LogP contribution in [0.3, 0.4) is 0 Å². The summed E-state index contributed by atoms with van der Waals surface area (Å²) in [6.45, 7) is 0.694. The molecule has 4 nitrogen and oxygen atoms in total. The van der Waals surface area contributed by atoms with Gasteiger partial charge in [-0.3, -0.25) is 9.59 Å². The molecule has 2 N–H and O–H groups in total. The maximum atomic E-state index is 12.1. The van der Waals surface area contributed by atoms with Crippen molar-refractivity contribution >= 4 is 53.4 Å². The number of nitrogens with two attached hydrogens (primary N) is 1. The number of amides is 2. The zero-order valence-electron chi connectivity index (χ0n) is 11.0. The summed E-state index contributed by atoms with van der Waals surface area (Å²) in [6, 6.07) is -0.525. The summed E-state index contributed by atoms with van der Waals surface area (Å²) in [5.41, 5.74) is 5.10. The molecule has 1 heterocycles. The largest absolute Gasteiger partial charge is 0.368 e. The third kappa shape index (κ3) is 3.66. The molecule has 2 aliphatic rings. The van der Waals surface area contributed by atoms with Crippen LogP contribution >= 0.6 is 26.1 Å². The molecule has 0 aromatic rings. The molecule has 1 spiro atoms. The molecule has 2 amide bonds. The number of primary amides is 1. The van der Waals surface area contributed by atoms with Gasteiger partial charge in [-0.05, 0) is 12.8 Å². The summed E-state index contributed by atoms with van der Waals surface area (Å²) < 4.78 is 0. The Kier molecular flexibility index (Phi) is 8.05. The average molecular weight is 298 g/mol. The van der Waals surface area contributed by atoms with Crippen molar-refractivity contribution in [1.82, 2.24) is 4.90 Å². The molecular formula is C11H20B2N2O2S2. The molecule has 19 heavy (non-hydrogen) atoms. The highest BCUT2D eigenvalue weighted by atomic mass is 32.1. The molecule has 1 saturated carbocycles. The van der Waals surface area contributed by atoms with E-state index in [9.17, 15) is 9.59 Å². The SMILES string of the molecule is NC(=O)[C@@H](CS)N1CC2(CCCCC2)C1=O.S.[B][B]. The molecule has 0 unspecified atom stereocenters. The Morgan fingerprint density at radius 1 is 1.37 bits per heavy atom. The number of β-lactam (4-membered cyclic amide) rings is 1. The van der Waals surface area contributed by atoms with Crippen molar-refractivity contribution in [3.8, 4) is 0 Å². The fourth-order valence-electron chi connectivity index (χ4n) is 2.87. The molecule has 2 fully saturated rings. The van der Waals surface area contributed by atoms with Gasteiger partial charge >= 0.3 is 0 Å². The molecule has 104 valence electrons. The molecule has 1 saturated heterocycles. The highest BCUT2D eigenvalue weighted by Crippen LogP contribution is 2.45. The highest BCUT2D eigenvalue weighted by molar-refractivity contribution is 7.80. The fourth-order valence-corrected chi connectivity index (χ4v) is 3.25. The predicted octanol–water partition coefficient (Wildman–Crippen LogP) is -0.0860. The van der Waals surface area contributed by atoms with Crippen LogP contribution < -0.4 is 5.73 Å². The quantitative estimate of drug-likeness (QED) is 0.435. The molecule has 1 atom stereocenters. The van der Waals surface area contributed by atoms with Crippen molar-refractivity contribution < 1.29 is 9.59 Å². The minimum absolute atomic E-state index is 0. The first-order valence-corrected chi connectivity index (χ1v) is 6.78. The second-order valence-corrected chi connectivity index (χ2v) is 5.24. The van der Waals surface area contributed by atoms with Gasteiger partial charge in [-0.25, -0.2) is 0 Å². The fraction of sp³-hybridized carbons (Fsp3) is 0.818. The van der Waals surface area contributed by atoms with Crippen LogP contribution in [0, 0.1) is 5.41 Å². The lowest BCUT2D eigenvalue weighted by Gasteiger charge is -2.52. The number of carbonyl (C=O) groups is 2. The van der Waals surface area contributed by atoms with E-state index in [0.717, 1.165) is 25.7 Å². The standard InChI is InChI=1S/C11H18N2O2S.B2.H2S/c12-9(14)8(6-16)13-7-11(10(13)15)4-2-1-3-5-11;1-2;/h8,16H,1-7H2,(H2,12,14);;1H2/t8-;;/m1../s1. The van der Waals surface area contributed by atoms with Gasteiger partial charge < -0.3 is 10.6 Å². The molecule has 0 bridgehead atoms. The van der Waals surface area contributed by atoms with Crippen molar-refractivity contribution in [2.45, 2.75) is 38.1 Å². The molecule has 0 aromatic carbocycles. The second-order valence-electron chi connectivity index (χ2n) is 4.87. The Labute approximate surface area is 129 Å². The second kappa shape index (κ2) is 8.15. The van der Waals surface area contributed by atoms with Crippen molar-refractivity contribution in [2.75, 3.05) is 12.3 Å². The first kappa shape index (κ1) is 18.8. The van der Waals surface area contributed by atoms with E-state index < -0.39 is 11.9 Å². The number of likely N-dealkylation sites (tertiary alicyclic amines) is 1. The third-order valence-corrected chi connectivity index (χ3v) is 4.22. The number of thiol groups is 1. The number of nitrogens with zero attached hydrogens (tertiary/aromatic N) is 1. The Morgan fingerprint density at radius 2 is 1.89 bits per heavy atom. The summed E-state index contributed by atoms with van der Waals surface area (Å²) in [5, 5.41) is 0. The van der Waals surface area contributed by atoms with Gasteiger partial charge in [0.1, 0.15) is 6.04 Å². The average Bonchev–Trinajstić information content (AvgIpc) is 2.41. The van der Waals surface area contributed by atoms with Crippen LogP contribution in [0.25, 0.3) is 0 Å². The smallest absolute Gasteiger partial charge is 0.241 e. The zero-order chi connectivity index (χ0) is 13.8. The lowest BCUT2D eigenvalue weighted by molar-refractivity contribution is -0.169. The van der Waals surface area contributed by atoms with Gasteiger partial charge in [0.05, 0.1) is 5.41 Å². The molecule has 4 radical (unpaired) electrons. The van der Waals surface area contributed by atoms with Gasteiger partial charge in [0.15, 0.2) is 0 Å². The Bertz CT molecular complexity index is 326. The van der Waals surface area contributed by atoms with Gasteiger partial charge in [-0.1, -0.05) is 19.3 Å². The number of carbonyl (C=O) groups excluding carboxylic acids is 2. The lowest BCUT2D eigenvalue weighted by atomic mass is 9.67. The topological polar surface area (TPSA) is 63.4 Å². The summed E-state index contributed by atoms with van der Waals surface area (Å²) in [4.78, 5) is 24.9. The summed E-state index contributed by atoms with van der Waals surface area (Å²) in [7, 11) is 8.00. The maximum Gasteiger partial charge on any atom is 0.241 e. The van der Waals surface area contributed by atoms with Crippen LogP contribution in [0.15, 0.2) is 0 Å². The van der Waals surface area contributed by atoms with Crippen LogP contribution in [0.4, 0.5) is 0 Å².